The quantitative estimate of drug-likeness (QED) is 0.830. The molecule has 0 aromatic carbocycles. The third-order valence-corrected chi connectivity index (χ3v) is 3.80. The van der Waals surface area contributed by atoms with Crippen molar-refractivity contribution in [1.29, 1.82) is 0 Å². The lowest BCUT2D eigenvalue weighted by Gasteiger charge is -2.38. The Morgan fingerprint density at radius 3 is 2.41 bits per heavy atom. The Balaban J connectivity index is 2.27. The van der Waals surface area contributed by atoms with E-state index < -0.39 is 11.3 Å². The molecule has 0 spiro atoms. The topological polar surface area (TPSA) is 38.9 Å². The molecule has 2 rings (SSSR count). The van der Waals surface area contributed by atoms with Crippen LogP contribution in [0.3, 0.4) is 0 Å². The molecule has 1 fully saturated rings. The Kier molecular flexibility index (Phi) is 3.36. The first-order chi connectivity index (χ1) is 7.97. The fourth-order valence-electron chi connectivity index (χ4n) is 2.36. The summed E-state index contributed by atoms with van der Waals surface area (Å²) in [5.41, 5.74) is 6.08. The average Bonchev–Trinajstić information content (AvgIpc) is 2.30. The SMILES string of the molecule is NCC1(c2cccc(Cl)n2)CCC(F)(F)CC1. The third-order valence-electron chi connectivity index (χ3n) is 3.59. The molecular formula is C12H15ClF2N2. The minimum absolute atomic E-state index is 0.127. The normalized spacial score (nSPS) is 22.4. The zero-order valence-corrected chi connectivity index (χ0v) is 10.2. The Morgan fingerprint density at radius 2 is 1.88 bits per heavy atom. The number of nitrogens with two attached hydrogens (primary N) is 1. The molecule has 0 atom stereocenters. The summed E-state index contributed by atoms with van der Waals surface area (Å²) in [6, 6.07) is 5.28. The molecule has 0 aliphatic heterocycles. The van der Waals surface area contributed by atoms with Gasteiger partial charge in [0.1, 0.15) is 5.15 Å². The molecule has 1 aromatic rings. The van der Waals surface area contributed by atoms with E-state index in [1.807, 2.05) is 6.07 Å². The van der Waals surface area contributed by atoms with E-state index in [1.54, 1.807) is 12.1 Å². The maximum Gasteiger partial charge on any atom is 0.248 e. The second-order valence-corrected chi connectivity index (χ2v) is 5.07. The molecular weight excluding hydrogens is 246 g/mol. The number of alkyl halides is 2. The van der Waals surface area contributed by atoms with Crippen LogP contribution in [0.4, 0.5) is 8.78 Å². The molecule has 1 aliphatic carbocycles. The standard InChI is InChI=1S/C12H15ClF2N2/c13-10-3-1-2-9(17-10)11(8-16)4-6-12(14,15)7-5-11/h1-3H,4-8,16H2. The summed E-state index contributed by atoms with van der Waals surface area (Å²) in [5.74, 6) is -2.56. The zero-order chi connectivity index (χ0) is 12.5. The van der Waals surface area contributed by atoms with Crippen molar-refractivity contribution in [3.05, 3.63) is 29.0 Å². The molecule has 1 saturated carbocycles. The molecule has 0 saturated heterocycles. The molecule has 0 unspecified atom stereocenters. The van der Waals surface area contributed by atoms with Crippen molar-refractivity contribution in [2.24, 2.45) is 5.73 Å². The van der Waals surface area contributed by atoms with Crippen LogP contribution in [0.1, 0.15) is 31.4 Å². The maximum absolute atomic E-state index is 13.2. The van der Waals surface area contributed by atoms with Gasteiger partial charge in [-0.3, -0.25) is 0 Å². The number of nitrogens with zero attached hydrogens (tertiary/aromatic N) is 1. The summed E-state index contributed by atoms with van der Waals surface area (Å²) in [4.78, 5) is 4.23. The van der Waals surface area contributed by atoms with E-state index in [4.69, 9.17) is 17.3 Å². The minimum atomic E-state index is -2.56. The fraction of sp³-hybridized carbons (Fsp3) is 0.583. The Morgan fingerprint density at radius 1 is 1.24 bits per heavy atom. The van der Waals surface area contributed by atoms with Crippen LogP contribution in [-0.4, -0.2) is 17.5 Å². The van der Waals surface area contributed by atoms with Crippen molar-refractivity contribution < 1.29 is 8.78 Å². The van der Waals surface area contributed by atoms with E-state index in [0.29, 0.717) is 24.5 Å². The van der Waals surface area contributed by atoms with E-state index in [0.717, 1.165) is 5.69 Å². The summed E-state index contributed by atoms with van der Waals surface area (Å²) < 4.78 is 26.4. The summed E-state index contributed by atoms with van der Waals surface area (Å²) in [6.07, 6.45) is 0.477. The molecule has 2 nitrogen and oxygen atoms in total. The van der Waals surface area contributed by atoms with Gasteiger partial charge >= 0.3 is 0 Å². The smallest absolute Gasteiger partial charge is 0.248 e. The minimum Gasteiger partial charge on any atom is -0.330 e. The lowest BCUT2D eigenvalue weighted by molar-refractivity contribution is -0.0514. The highest BCUT2D eigenvalue weighted by Crippen LogP contribution is 2.44. The van der Waals surface area contributed by atoms with Crippen molar-refractivity contribution in [2.45, 2.75) is 37.0 Å². The molecule has 94 valence electrons. The summed E-state index contributed by atoms with van der Waals surface area (Å²) in [5, 5.41) is 0.382. The number of hydrogen-bond acceptors (Lipinski definition) is 2. The van der Waals surface area contributed by atoms with Crippen molar-refractivity contribution >= 4 is 11.6 Å². The van der Waals surface area contributed by atoms with Crippen LogP contribution in [0.5, 0.6) is 0 Å². The fourth-order valence-corrected chi connectivity index (χ4v) is 2.53. The van der Waals surface area contributed by atoms with Crippen LogP contribution in [-0.2, 0) is 5.41 Å². The molecule has 0 amide bonds. The van der Waals surface area contributed by atoms with Crippen molar-refractivity contribution in [1.82, 2.24) is 4.98 Å². The Hall–Kier alpha value is -0.740. The summed E-state index contributed by atoms with van der Waals surface area (Å²) >= 11 is 5.84. The van der Waals surface area contributed by atoms with Crippen LogP contribution >= 0.6 is 11.6 Å². The zero-order valence-electron chi connectivity index (χ0n) is 9.43. The van der Waals surface area contributed by atoms with Gasteiger partial charge in [0.05, 0.1) is 0 Å². The molecule has 1 aromatic heterocycles. The summed E-state index contributed by atoms with van der Waals surface area (Å²) in [6.45, 7) is 0.330. The molecule has 5 heteroatoms. The van der Waals surface area contributed by atoms with Gasteiger partial charge in [0.2, 0.25) is 5.92 Å². The van der Waals surface area contributed by atoms with Gasteiger partial charge in [-0.25, -0.2) is 13.8 Å². The van der Waals surface area contributed by atoms with E-state index >= 15 is 0 Å². The lowest BCUT2D eigenvalue weighted by Crippen LogP contribution is -2.42. The molecule has 17 heavy (non-hydrogen) atoms. The maximum atomic E-state index is 13.2. The molecule has 2 N–H and O–H groups in total. The molecule has 0 radical (unpaired) electrons. The Labute approximate surface area is 104 Å². The highest BCUT2D eigenvalue weighted by Gasteiger charge is 2.44. The van der Waals surface area contributed by atoms with Crippen molar-refractivity contribution in [2.75, 3.05) is 6.54 Å². The van der Waals surface area contributed by atoms with Gasteiger partial charge in [0.25, 0.3) is 0 Å². The van der Waals surface area contributed by atoms with Crippen LogP contribution in [0.15, 0.2) is 18.2 Å². The second-order valence-electron chi connectivity index (χ2n) is 4.69. The van der Waals surface area contributed by atoms with Gasteiger partial charge < -0.3 is 5.73 Å². The summed E-state index contributed by atoms with van der Waals surface area (Å²) in [7, 11) is 0. The van der Waals surface area contributed by atoms with Crippen molar-refractivity contribution in [3.8, 4) is 0 Å². The van der Waals surface area contributed by atoms with Gasteiger partial charge in [-0.05, 0) is 25.0 Å². The van der Waals surface area contributed by atoms with E-state index in [1.165, 1.54) is 0 Å². The highest BCUT2D eigenvalue weighted by molar-refractivity contribution is 6.29. The largest absolute Gasteiger partial charge is 0.330 e. The van der Waals surface area contributed by atoms with Crippen LogP contribution in [0, 0.1) is 0 Å². The van der Waals surface area contributed by atoms with Crippen LogP contribution in [0.25, 0.3) is 0 Å². The van der Waals surface area contributed by atoms with Gasteiger partial charge in [0, 0.05) is 30.5 Å². The first kappa shape index (κ1) is 12.7. The first-order valence-electron chi connectivity index (χ1n) is 5.68. The van der Waals surface area contributed by atoms with Gasteiger partial charge in [-0.1, -0.05) is 17.7 Å². The predicted octanol–water partition coefficient (Wildman–Crippen LogP) is 3.14. The van der Waals surface area contributed by atoms with Crippen LogP contribution in [0.2, 0.25) is 5.15 Å². The highest BCUT2D eigenvalue weighted by atomic mass is 35.5. The lowest BCUT2D eigenvalue weighted by atomic mass is 9.70. The number of hydrogen-bond donors (Lipinski definition) is 1. The van der Waals surface area contributed by atoms with E-state index in [2.05, 4.69) is 4.98 Å². The van der Waals surface area contributed by atoms with Gasteiger partial charge in [-0.2, -0.15) is 0 Å². The van der Waals surface area contributed by atoms with E-state index in [9.17, 15) is 8.78 Å². The number of pyridine rings is 1. The molecule has 0 bridgehead atoms. The molecule has 1 aliphatic rings. The van der Waals surface area contributed by atoms with Gasteiger partial charge in [0.15, 0.2) is 0 Å². The number of halogens is 3. The average molecular weight is 261 g/mol. The third kappa shape index (κ3) is 2.58. The Bertz CT molecular complexity index is 399. The second kappa shape index (κ2) is 4.50. The molecule has 1 heterocycles. The van der Waals surface area contributed by atoms with Crippen molar-refractivity contribution in [3.63, 3.8) is 0 Å². The van der Waals surface area contributed by atoms with Gasteiger partial charge in [-0.15, -0.1) is 0 Å². The number of aromatic nitrogens is 1. The predicted molar refractivity (Wildman–Crippen MR) is 63.4 cm³/mol. The monoisotopic (exact) mass is 260 g/mol. The van der Waals surface area contributed by atoms with Crippen LogP contribution < -0.4 is 5.73 Å². The van der Waals surface area contributed by atoms with E-state index in [-0.39, 0.29) is 12.8 Å². The number of rotatable bonds is 2. The first-order valence-corrected chi connectivity index (χ1v) is 6.06.